The summed E-state index contributed by atoms with van der Waals surface area (Å²) < 4.78 is 0. The van der Waals surface area contributed by atoms with E-state index in [9.17, 15) is 0 Å². The molecule has 0 N–H and O–H groups in total. The number of nitrogens with zero attached hydrogens (tertiary/aromatic N) is 1. The first-order chi connectivity index (χ1) is 4.70. The van der Waals surface area contributed by atoms with E-state index in [0.717, 1.165) is 10.7 Å². The van der Waals surface area contributed by atoms with Gasteiger partial charge in [-0.3, -0.25) is 0 Å². The topological polar surface area (TPSA) is 3.24 Å². The number of allylic oxidation sites excluding steroid dienone is 1. The molecule has 1 nitrogen and oxygen atoms in total. The van der Waals surface area contributed by atoms with E-state index >= 15 is 0 Å². The molecule has 1 unspecified atom stereocenters. The Balaban J connectivity index is 2.62. The summed E-state index contributed by atoms with van der Waals surface area (Å²) in [4.78, 5) is 3.38. The van der Waals surface area contributed by atoms with Crippen molar-refractivity contribution in [3.05, 3.63) is 23.8 Å². The summed E-state index contributed by atoms with van der Waals surface area (Å²) >= 11 is 1.83. The third-order valence-electron chi connectivity index (χ3n) is 1.70. The van der Waals surface area contributed by atoms with Gasteiger partial charge in [-0.05, 0) is 13.0 Å². The zero-order chi connectivity index (χ0) is 7.56. The van der Waals surface area contributed by atoms with Crippen LogP contribution in [-0.2, 0) is 0 Å². The summed E-state index contributed by atoms with van der Waals surface area (Å²) in [5.41, 5.74) is 0. The molecular weight excluding hydrogens is 142 g/mol. The number of rotatable bonds is 0. The van der Waals surface area contributed by atoms with E-state index in [-0.39, 0.29) is 0 Å². The molecule has 0 aliphatic carbocycles. The van der Waals surface area contributed by atoms with E-state index in [2.05, 4.69) is 37.7 Å². The Kier molecular flexibility index (Phi) is 2.44. The molecule has 0 radical (unpaired) electrons. The molecule has 1 aliphatic rings. The smallest absolute Gasteiger partial charge is 0.0346 e. The molecule has 1 heterocycles. The van der Waals surface area contributed by atoms with Crippen molar-refractivity contribution in [2.45, 2.75) is 13.0 Å². The van der Waals surface area contributed by atoms with Crippen molar-refractivity contribution < 1.29 is 0 Å². The van der Waals surface area contributed by atoms with Crippen molar-refractivity contribution in [2.75, 3.05) is 12.8 Å². The largest absolute Gasteiger partial charge is 0.377 e. The Morgan fingerprint density at radius 2 is 2.50 bits per heavy atom. The molecule has 10 heavy (non-hydrogen) atoms. The van der Waals surface area contributed by atoms with Gasteiger partial charge >= 0.3 is 0 Å². The quantitative estimate of drug-likeness (QED) is 0.527. The van der Waals surface area contributed by atoms with Crippen LogP contribution >= 0.6 is 11.8 Å². The van der Waals surface area contributed by atoms with Crippen molar-refractivity contribution in [3.63, 3.8) is 0 Å². The monoisotopic (exact) mass is 155 g/mol. The third-order valence-corrected chi connectivity index (χ3v) is 2.86. The van der Waals surface area contributed by atoms with Crippen LogP contribution in [0, 0.1) is 0 Å². The highest BCUT2D eigenvalue weighted by Crippen LogP contribution is 2.21. The molecule has 1 rings (SSSR count). The molecule has 1 atom stereocenters. The van der Waals surface area contributed by atoms with Crippen LogP contribution in [0.25, 0.3) is 0 Å². The summed E-state index contributed by atoms with van der Waals surface area (Å²) in [6, 6.07) is 0.625. The van der Waals surface area contributed by atoms with E-state index < -0.39 is 0 Å². The Hall–Kier alpha value is -0.370. The van der Waals surface area contributed by atoms with Crippen LogP contribution in [-0.4, -0.2) is 23.7 Å². The van der Waals surface area contributed by atoms with E-state index in [1.54, 1.807) is 0 Å². The van der Waals surface area contributed by atoms with Crippen LogP contribution in [0.2, 0.25) is 0 Å². The molecule has 0 saturated heterocycles. The molecule has 0 fully saturated rings. The van der Waals surface area contributed by atoms with E-state index in [4.69, 9.17) is 0 Å². The second-order valence-corrected chi connectivity index (χ2v) is 3.75. The van der Waals surface area contributed by atoms with E-state index in [0.29, 0.717) is 6.04 Å². The Bertz CT molecular complexity index is 163. The SMILES string of the molecule is C=C1C=CN(C)C(C)CS1. The molecule has 0 saturated carbocycles. The Morgan fingerprint density at radius 1 is 1.80 bits per heavy atom. The van der Waals surface area contributed by atoms with Gasteiger partial charge in [0.2, 0.25) is 0 Å². The fourth-order valence-corrected chi connectivity index (χ4v) is 1.59. The van der Waals surface area contributed by atoms with E-state index in [1.165, 1.54) is 0 Å². The molecule has 0 aromatic carbocycles. The first kappa shape index (κ1) is 7.73. The predicted molar refractivity (Wildman–Crippen MR) is 48.0 cm³/mol. The molecule has 0 spiro atoms. The maximum atomic E-state index is 3.89. The van der Waals surface area contributed by atoms with Gasteiger partial charge in [-0.25, -0.2) is 0 Å². The Morgan fingerprint density at radius 3 is 3.20 bits per heavy atom. The fraction of sp³-hybridized carbons (Fsp3) is 0.500. The van der Waals surface area contributed by atoms with Gasteiger partial charge in [0.1, 0.15) is 0 Å². The lowest BCUT2D eigenvalue weighted by atomic mass is 10.3. The molecule has 0 aromatic heterocycles. The molecular formula is C8H13NS. The lowest BCUT2D eigenvalue weighted by Crippen LogP contribution is -2.24. The first-order valence-corrected chi connectivity index (χ1v) is 4.40. The molecule has 0 aromatic rings. The van der Waals surface area contributed by atoms with Gasteiger partial charge in [-0.1, -0.05) is 6.58 Å². The summed E-state index contributed by atoms with van der Waals surface area (Å²) in [6.07, 6.45) is 4.15. The number of thioether (sulfide) groups is 1. The fourth-order valence-electron chi connectivity index (χ4n) is 0.741. The highest BCUT2D eigenvalue weighted by molar-refractivity contribution is 8.03. The molecule has 56 valence electrons. The van der Waals surface area contributed by atoms with Gasteiger partial charge in [0.25, 0.3) is 0 Å². The summed E-state index contributed by atoms with van der Waals surface area (Å²) in [6.45, 7) is 6.11. The zero-order valence-corrected chi connectivity index (χ0v) is 7.32. The maximum Gasteiger partial charge on any atom is 0.0346 e. The van der Waals surface area contributed by atoms with Gasteiger partial charge in [0.05, 0.1) is 0 Å². The van der Waals surface area contributed by atoms with Crippen LogP contribution in [0.1, 0.15) is 6.92 Å². The highest BCUT2D eigenvalue weighted by Gasteiger charge is 2.08. The van der Waals surface area contributed by atoms with Crippen LogP contribution in [0.5, 0.6) is 0 Å². The maximum absolute atomic E-state index is 3.89. The van der Waals surface area contributed by atoms with Gasteiger partial charge in [0, 0.05) is 29.9 Å². The first-order valence-electron chi connectivity index (χ1n) is 3.42. The third kappa shape index (κ3) is 1.81. The van der Waals surface area contributed by atoms with Crippen LogP contribution in [0.4, 0.5) is 0 Å². The summed E-state index contributed by atoms with van der Waals surface area (Å²) in [7, 11) is 2.10. The average Bonchev–Trinajstić information content (AvgIpc) is 2.04. The standard InChI is InChI=1S/C8H13NS/c1-7-6-10-8(2)4-5-9(7)3/h4-5,7H,2,6H2,1,3H3. The second kappa shape index (κ2) is 3.15. The van der Waals surface area contributed by atoms with Crippen molar-refractivity contribution in [3.8, 4) is 0 Å². The minimum absolute atomic E-state index is 0.625. The van der Waals surface area contributed by atoms with Crippen LogP contribution in [0.3, 0.4) is 0 Å². The van der Waals surface area contributed by atoms with E-state index in [1.807, 2.05) is 11.8 Å². The lowest BCUT2D eigenvalue weighted by molar-refractivity contribution is 0.382. The molecule has 0 bridgehead atoms. The molecule has 0 amide bonds. The van der Waals surface area contributed by atoms with Gasteiger partial charge in [0.15, 0.2) is 0 Å². The average molecular weight is 155 g/mol. The summed E-state index contributed by atoms with van der Waals surface area (Å²) in [5, 5.41) is 0. The molecule has 2 heteroatoms. The van der Waals surface area contributed by atoms with Crippen molar-refractivity contribution in [1.82, 2.24) is 4.90 Å². The number of hydrogen-bond donors (Lipinski definition) is 0. The van der Waals surface area contributed by atoms with Crippen LogP contribution in [0.15, 0.2) is 23.8 Å². The Labute approximate surface area is 66.8 Å². The van der Waals surface area contributed by atoms with Crippen molar-refractivity contribution >= 4 is 11.8 Å². The molecule has 1 aliphatic heterocycles. The minimum Gasteiger partial charge on any atom is -0.377 e. The van der Waals surface area contributed by atoms with Crippen molar-refractivity contribution in [2.24, 2.45) is 0 Å². The minimum atomic E-state index is 0.625. The van der Waals surface area contributed by atoms with Gasteiger partial charge in [-0.2, -0.15) is 0 Å². The highest BCUT2D eigenvalue weighted by atomic mass is 32.2. The second-order valence-electron chi connectivity index (χ2n) is 2.61. The lowest BCUT2D eigenvalue weighted by Gasteiger charge is -2.19. The number of hydrogen-bond acceptors (Lipinski definition) is 2. The summed E-state index contributed by atoms with van der Waals surface area (Å²) in [5.74, 6) is 1.14. The van der Waals surface area contributed by atoms with Gasteiger partial charge < -0.3 is 4.90 Å². The van der Waals surface area contributed by atoms with Crippen molar-refractivity contribution in [1.29, 1.82) is 0 Å². The predicted octanol–water partition coefficient (Wildman–Crippen LogP) is 2.08. The van der Waals surface area contributed by atoms with Gasteiger partial charge in [-0.15, -0.1) is 11.8 Å². The van der Waals surface area contributed by atoms with Crippen LogP contribution < -0.4 is 0 Å². The zero-order valence-electron chi connectivity index (χ0n) is 6.50. The normalized spacial score (nSPS) is 26.8.